The van der Waals surface area contributed by atoms with Gasteiger partial charge in [0.15, 0.2) is 5.13 Å². The Bertz CT molecular complexity index is 1660. The third-order valence-corrected chi connectivity index (χ3v) is 7.85. The molecular weight excluding hydrogens is 508 g/mol. The first-order valence-electron chi connectivity index (χ1n) is 12.1. The molecule has 1 saturated heterocycles. The largest absolute Gasteiger partial charge is 0.422 e. The molecule has 1 amide bonds. The van der Waals surface area contributed by atoms with E-state index in [2.05, 4.69) is 40.2 Å². The van der Waals surface area contributed by atoms with Gasteiger partial charge in [-0.1, -0.05) is 47.7 Å². The lowest BCUT2D eigenvalue weighted by atomic mass is 10.0. The van der Waals surface area contributed by atoms with Gasteiger partial charge < -0.3 is 14.6 Å². The number of aryl methyl sites for hydroxylation is 1. The number of hydrogen-bond donors (Lipinski definition) is 1. The van der Waals surface area contributed by atoms with Gasteiger partial charge in [-0.3, -0.25) is 9.69 Å². The Labute approximate surface area is 224 Å². The van der Waals surface area contributed by atoms with Crippen molar-refractivity contribution in [3.05, 3.63) is 82.2 Å². The number of benzene rings is 3. The van der Waals surface area contributed by atoms with E-state index < -0.39 is 11.5 Å². The van der Waals surface area contributed by atoms with Crippen molar-refractivity contribution in [2.45, 2.75) is 6.92 Å². The van der Waals surface area contributed by atoms with Crippen molar-refractivity contribution in [1.82, 2.24) is 15.2 Å². The molecule has 0 bridgehead atoms. The van der Waals surface area contributed by atoms with Crippen molar-refractivity contribution < 1.29 is 9.21 Å². The molecule has 5 aromatic rings. The van der Waals surface area contributed by atoms with E-state index in [1.807, 2.05) is 30.3 Å². The fourth-order valence-corrected chi connectivity index (χ4v) is 5.89. The molecular formula is C28H27ClN4O3S. The maximum Gasteiger partial charge on any atom is 0.349 e. The van der Waals surface area contributed by atoms with Gasteiger partial charge in [0.2, 0.25) is 0 Å². The molecule has 0 aliphatic carbocycles. The molecule has 3 aromatic carbocycles. The van der Waals surface area contributed by atoms with Crippen molar-refractivity contribution in [2.75, 3.05) is 44.2 Å². The Kier molecular flexibility index (Phi) is 7.15. The summed E-state index contributed by atoms with van der Waals surface area (Å²) in [6.07, 6.45) is 0. The molecule has 1 N–H and O–H groups in total. The lowest BCUT2D eigenvalue weighted by Gasteiger charge is -2.34. The van der Waals surface area contributed by atoms with Gasteiger partial charge in [0.1, 0.15) is 11.1 Å². The number of rotatable bonds is 5. The lowest BCUT2D eigenvalue weighted by molar-refractivity contribution is 0.0944. The average molecular weight is 535 g/mol. The monoisotopic (exact) mass is 534 g/mol. The normalized spacial score (nSPS) is 14.2. The second kappa shape index (κ2) is 10.5. The summed E-state index contributed by atoms with van der Waals surface area (Å²) < 4.78 is 6.69. The van der Waals surface area contributed by atoms with Gasteiger partial charge in [-0.05, 0) is 47.5 Å². The van der Waals surface area contributed by atoms with Gasteiger partial charge in [-0.25, -0.2) is 9.78 Å². The maximum atomic E-state index is 12.8. The van der Waals surface area contributed by atoms with Gasteiger partial charge in [0, 0.05) is 44.7 Å². The zero-order valence-corrected chi connectivity index (χ0v) is 22.0. The molecule has 190 valence electrons. The number of amides is 1. The van der Waals surface area contributed by atoms with Gasteiger partial charge in [-0.15, -0.1) is 12.4 Å². The Morgan fingerprint density at radius 1 is 1.03 bits per heavy atom. The van der Waals surface area contributed by atoms with Gasteiger partial charge in [0.05, 0.1) is 10.2 Å². The van der Waals surface area contributed by atoms with E-state index in [1.54, 1.807) is 23.5 Å². The van der Waals surface area contributed by atoms with Crippen LogP contribution in [0.2, 0.25) is 0 Å². The number of hydrogen-bond acceptors (Lipinski definition) is 7. The van der Waals surface area contributed by atoms with Crippen LogP contribution in [-0.4, -0.2) is 55.1 Å². The number of carbonyl (C=O) groups excluding carboxylic acids is 1. The van der Waals surface area contributed by atoms with Gasteiger partial charge in [0.25, 0.3) is 5.91 Å². The summed E-state index contributed by atoms with van der Waals surface area (Å²) in [4.78, 5) is 34.8. The van der Waals surface area contributed by atoms with Crippen molar-refractivity contribution >= 4 is 66.7 Å². The summed E-state index contributed by atoms with van der Waals surface area (Å²) in [7, 11) is 0. The van der Waals surface area contributed by atoms with E-state index in [0.717, 1.165) is 59.5 Å². The van der Waals surface area contributed by atoms with Crippen LogP contribution < -0.4 is 15.8 Å². The first-order valence-corrected chi connectivity index (χ1v) is 13.0. The number of nitrogens with one attached hydrogen (secondary N) is 1. The molecule has 1 aliphatic heterocycles. The third kappa shape index (κ3) is 5.05. The third-order valence-electron chi connectivity index (χ3n) is 6.78. The minimum atomic E-state index is -0.616. The first kappa shape index (κ1) is 25.2. The summed E-state index contributed by atoms with van der Waals surface area (Å²) in [5.41, 5.74) is 2.21. The molecule has 37 heavy (non-hydrogen) atoms. The molecule has 1 aliphatic rings. The molecule has 9 heteroatoms. The molecule has 0 unspecified atom stereocenters. The van der Waals surface area contributed by atoms with Crippen LogP contribution in [0.25, 0.3) is 32.0 Å². The maximum absolute atomic E-state index is 12.8. The average Bonchev–Trinajstić information content (AvgIpc) is 3.31. The molecule has 7 nitrogen and oxygen atoms in total. The number of aromatic nitrogens is 1. The van der Waals surface area contributed by atoms with Crippen molar-refractivity contribution in [1.29, 1.82) is 0 Å². The zero-order chi connectivity index (χ0) is 24.6. The second-order valence-corrected chi connectivity index (χ2v) is 10.2. The van der Waals surface area contributed by atoms with Crippen LogP contribution in [0.4, 0.5) is 5.13 Å². The number of piperazine rings is 1. The van der Waals surface area contributed by atoms with E-state index in [4.69, 9.17) is 9.40 Å². The standard InChI is InChI=1S/C28H26N4O3S.ClH/c1-18-6-8-23-25(16-18)36-28(30-23)32-14-12-31(13-15-32)11-10-29-26(33)22-17-21-20-5-3-2-4-19(20)7-9-24(21)35-27(22)34;/h2-9,16-17H,10-15H2,1H3,(H,29,33);1H. The highest BCUT2D eigenvalue weighted by Crippen LogP contribution is 2.30. The SMILES string of the molecule is Cc1ccc2nc(N3CCN(CCNC(=O)c4cc5c(ccc6ccccc65)oc4=O)CC3)sc2c1.Cl. The summed E-state index contributed by atoms with van der Waals surface area (Å²) >= 11 is 1.74. The van der Waals surface area contributed by atoms with Crippen LogP contribution in [-0.2, 0) is 0 Å². The van der Waals surface area contributed by atoms with Crippen LogP contribution in [0.1, 0.15) is 15.9 Å². The number of carbonyl (C=O) groups is 1. The predicted octanol–water partition coefficient (Wildman–Crippen LogP) is 4.84. The highest BCUT2D eigenvalue weighted by Gasteiger charge is 2.20. The topological polar surface area (TPSA) is 78.7 Å². The molecule has 0 atom stereocenters. The summed E-state index contributed by atoms with van der Waals surface area (Å²) in [5, 5.41) is 6.72. The van der Waals surface area contributed by atoms with Crippen LogP contribution in [0.3, 0.4) is 0 Å². The van der Waals surface area contributed by atoms with E-state index in [-0.39, 0.29) is 18.0 Å². The molecule has 0 radical (unpaired) electrons. The Hall–Kier alpha value is -3.46. The Morgan fingerprint density at radius 2 is 1.84 bits per heavy atom. The summed E-state index contributed by atoms with van der Waals surface area (Å²) in [6, 6.07) is 19.6. The molecule has 0 saturated carbocycles. The van der Waals surface area contributed by atoms with E-state index >= 15 is 0 Å². The minimum Gasteiger partial charge on any atom is -0.422 e. The van der Waals surface area contributed by atoms with E-state index in [9.17, 15) is 9.59 Å². The Morgan fingerprint density at radius 3 is 2.68 bits per heavy atom. The quantitative estimate of drug-likeness (QED) is 0.257. The summed E-state index contributed by atoms with van der Waals surface area (Å²) in [5.74, 6) is -0.401. The van der Waals surface area contributed by atoms with Crippen molar-refractivity contribution in [2.24, 2.45) is 0 Å². The lowest BCUT2D eigenvalue weighted by Crippen LogP contribution is -2.48. The van der Waals surface area contributed by atoms with Gasteiger partial charge >= 0.3 is 5.63 Å². The van der Waals surface area contributed by atoms with Crippen LogP contribution >= 0.6 is 23.7 Å². The van der Waals surface area contributed by atoms with E-state index in [0.29, 0.717) is 12.1 Å². The van der Waals surface area contributed by atoms with Gasteiger partial charge in [-0.2, -0.15) is 0 Å². The number of nitrogens with zero attached hydrogens (tertiary/aromatic N) is 3. The second-order valence-electron chi connectivity index (χ2n) is 9.20. The summed E-state index contributed by atoms with van der Waals surface area (Å²) in [6.45, 7) is 6.88. The van der Waals surface area contributed by atoms with Crippen molar-refractivity contribution in [3.8, 4) is 0 Å². The Balaban J connectivity index is 0.00000280. The molecule has 0 spiro atoms. The van der Waals surface area contributed by atoms with E-state index in [1.165, 1.54) is 10.3 Å². The zero-order valence-electron chi connectivity index (χ0n) is 20.4. The number of anilines is 1. The number of thiazole rings is 1. The predicted molar refractivity (Wildman–Crippen MR) is 153 cm³/mol. The van der Waals surface area contributed by atoms with Crippen LogP contribution in [0.15, 0.2) is 69.9 Å². The highest BCUT2D eigenvalue weighted by atomic mass is 35.5. The molecule has 6 rings (SSSR count). The van der Waals surface area contributed by atoms with Crippen molar-refractivity contribution in [3.63, 3.8) is 0 Å². The fourth-order valence-electron chi connectivity index (χ4n) is 4.77. The van der Waals surface area contributed by atoms with Crippen LogP contribution in [0, 0.1) is 6.92 Å². The minimum absolute atomic E-state index is 0. The number of fused-ring (bicyclic) bond motifs is 4. The fraction of sp³-hybridized carbons (Fsp3) is 0.250. The first-order chi connectivity index (χ1) is 17.5. The molecule has 1 fully saturated rings. The van der Waals surface area contributed by atoms with Crippen LogP contribution in [0.5, 0.6) is 0 Å². The smallest absolute Gasteiger partial charge is 0.349 e. The molecule has 3 heterocycles. The molecule has 2 aromatic heterocycles. The highest BCUT2D eigenvalue weighted by molar-refractivity contribution is 7.22. The number of halogens is 1.